The first-order chi connectivity index (χ1) is 4.22. The molecule has 0 fully saturated rings. The van der Waals surface area contributed by atoms with Crippen LogP contribution in [0, 0.1) is 0 Å². The Morgan fingerprint density at radius 2 is 2.56 bits per heavy atom. The number of nitrogens with zero attached hydrogens (tertiary/aromatic N) is 1. The van der Waals surface area contributed by atoms with Crippen LogP contribution in [0.4, 0.5) is 0 Å². The quantitative estimate of drug-likeness (QED) is 0.586. The van der Waals surface area contributed by atoms with Crippen LogP contribution in [0.15, 0.2) is 4.99 Å². The maximum absolute atomic E-state index is 10.5. The fourth-order valence-corrected chi connectivity index (χ4v) is 1.34. The van der Waals surface area contributed by atoms with Gasteiger partial charge in [-0.3, -0.25) is 9.79 Å². The van der Waals surface area contributed by atoms with Gasteiger partial charge in [0.15, 0.2) is 0 Å². The average molecular weight is 191 g/mol. The second-order valence-corrected chi connectivity index (χ2v) is 2.99. The lowest BCUT2D eigenvalue weighted by molar-refractivity contribution is -0.112. The molecular formula is C5H7BrN2O. The zero-order valence-corrected chi connectivity index (χ0v) is 6.39. The van der Waals surface area contributed by atoms with Crippen molar-refractivity contribution >= 4 is 27.5 Å². The minimum Gasteiger partial charge on any atom is -0.365 e. The molecule has 0 aromatic carbocycles. The van der Waals surface area contributed by atoms with Crippen LogP contribution in [0.25, 0.3) is 0 Å². The van der Waals surface area contributed by atoms with Gasteiger partial charge in [0.2, 0.25) is 0 Å². The minimum atomic E-state index is -0.408. The fraction of sp³-hybridized carbons (Fsp3) is 0.600. The molecule has 0 radical (unpaired) electrons. The van der Waals surface area contributed by atoms with E-state index in [0.29, 0.717) is 12.3 Å². The lowest BCUT2D eigenvalue weighted by Crippen LogP contribution is -2.27. The van der Waals surface area contributed by atoms with Crippen molar-refractivity contribution in [1.29, 1.82) is 0 Å². The van der Waals surface area contributed by atoms with Gasteiger partial charge in [-0.15, -0.1) is 0 Å². The molecule has 0 aromatic rings. The van der Waals surface area contributed by atoms with E-state index >= 15 is 0 Å². The van der Waals surface area contributed by atoms with E-state index in [1.54, 1.807) is 0 Å². The third kappa shape index (κ3) is 1.30. The topological polar surface area (TPSA) is 55.5 Å². The van der Waals surface area contributed by atoms with Crippen molar-refractivity contribution < 1.29 is 4.79 Å². The molecule has 0 aromatic heterocycles. The maximum atomic E-state index is 10.5. The monoisotopic (exact) mass is 190 g/mol. The van der Waals surface area contributed by atoms with Gasteiger partial charge < -0.3 is 5.73 Å². The number of alkyl halides is 1. The Morgan fingerprint density at radius 3 is 2.78 bits per heavy atom. The van der Waals surface area contributed by atoms with E-state index in [9.17, 15) is 4.79 Å². The zero-order valence-electron chi connectivity index (χ0n) is 4.80. The third-order valence-electron chi connectivity index (χ3n) is 1.21. The Bertz CT molecular complexity index is 166. The number of aliphatic imine (C=N–C) groups is 1. The van der Waals surface area contributed by atoms with E-state index in [1.807, 2.05) is 0 Å². The largest absolute Gasteiger partial charge is 0.365 e. The summed E-state index contributed by atoms with van der Waals surface area (Å²) in [5, 5.41) is 0. The standard InChI is InChI=1S/C5H7BrN2O/c6-3-1-2-8-4(3)5(7)9/h3H,1-2H2,(H2,7,9). The van der Waals surface area contributed by atoms with Gasteiger partial charge in [-0.25, -0.2) is 0 Å². The second kappa shape index (κ2) is 2.47. The Labute approximate surface area is 61.5 Å². The van der Waals surface area contributed by atoms with Crippen LogP contribution in [0.5, 0.6) is 0 Å². The SMILES string of the molecule is NC(=O)C1=NCCC1Br. The van der Waals surface area contributed by atoms with Crippen molar-refractivity contribution in [3.8, 4) is 0 Å². The number of amides is 1. The molecule has 1 amide bonds. The van der Waals surface area contributed by atoms with Crippen LogP contribution in [0.1, 0.15) is 6.42 Å². The molecule has 1 rings (SSSR count). The van der Waals surface area contributed by atoms with Crippen LogP contribution >= 0.6 is 15.9 Å². The normalized spacial score (nSPS) is 25.9. The number of carbonyl (C=O) groups is 1. The van der Waals surface area contributed by atoms with Gasteiger partial charge in [0.25, 0.3) is 5.91 Å². The Balaban J connectivity index is 2.68. The van der Waals surface area contributed by atoms with E-state index in [2.05, 4.69) is 20.9 Å². The summed E-state index contributed by atoms with van der Waals surface area (Å²) in [5.74, 6) is -0.408. The van der Waals surface area contributed by atoms with Crippen molar-refractivity contribution in [1.82, 2.24) is 0 Å². The summed E-state index contributed by atoms with van der Waals surface area (Å²) in [4.78, 5) is 14.5. The minimum absolute atomic E-state index is 0.0926. The van der Waals surface area contributed by atoms with Crippen LogP contribution in [-0.4, -0.2) is 23.0 Å². The number of rotatable bonds is 1. The van der Waals surface area contributed by atoms with Crippen LogP contribution in [0.2, 0.25) is 0 Å². The smallest absolute Gasteiger partial charge is 0.263 e. The molecule has 1 unspecified atom stereocenters. The molecule has 1 atom stereocenters. The van der Waals surface area contributed by atoms with Gasteiger partial charge in [0.1, 0.15) is 5.71 Å². The van der Waals surface area contributed by atoms with Crippen molar-refractivity contribution in [3.63, 3.8) is 0 Å². The summed E-state index contributed by atoms with van der Waals surface area (Å²) in [6.45, 7) is 0.716. The Kier molecular flexibility index (Phi) is 1.85. The van der Waals surface area contributed by atoms with Crippen molar-refractivity contribution in [3.05, 3.63) is 0 Å². The molecule has 1 heterocycles. The number of primary amides is 1. The molecule has 0 bridgehead atoms. The Hall–Kier alpha value is -0.380. The van der Waals surface area contributed by atoms with Gasteiger partial charge in [-0.2, -0.15) is 0 Å². The lowest BCUT2D eigenvalue weighted by atomic mass is 10.2. The predicted molar refractivity (Wildman–Crippen MR) is 38.8 cm³/mol. The summed E-state index contributed by atoms with van der Waals surface area (Å²) >= 11 is 3.27. The number of halogens is 1. The van der Waals surface area contributed by atoms with E-state index in [1.165, 1.54) is 0 Å². The van der Waals surface area contributed by atoms with E-state index < -0.39 is 5.91 Å². The molecular weight excluding hydrogens is 184 g/mol. The number of carbonyl (C=O) groups excluding carboxylic acids is 1. The molecule has 2 N–H and O–H groups in total. The second-order valence-electron chi connectivity index (χ2n) is 1.89. The van der Waals surface area contributed by atoms with E-state index in [-0.39, 0.29) is 4.83 Å². The van der Waals surface area contributed by atoms with Crippen LogP contribution in [0.3, 0.4) is 0 Å². The van der Waals surface area contributed by atoms with Crippen LogP contribution in [-0.2, 0) is 4.79 Å². The van der Waals surface area contributed by atoms with Crippen molar-refractivity contribution in [2.24, 2.45) is 10.7 Å². The number of nitrogens with two attached hydrogens (primary N) is 1. The summed E-state index contributed by atoms with van der Waals surface area (Å²) in [6, 6.07) is 0. The summed E-state index contributed by atoms with van der Waals surface area (Å²) in [6.07, 6.45) is 0.887. The van der Waals surface area contributed by atoms with Gasteiger partial charge in [0.05, 0.1) is 4.83 Å². The highest BCUT2D eigenvalue weighted by atomic mass is 79.9. The maximum Gasteiger partial charge on any atom is 0.263 e. The van der Waals surface area contributed by atoms with Gasteiger partial charge in [0, 0.05) is 6.54 Å². The van der Waals surface area contributed by atoms with E-state index in [0.717, 1.165) is 6.42 Å². The average Bonchev–Trinajstić information content (AvgIpc) is 2.13. The molecule has 0 spiro atoms. The van der Waals surface area contributed by atoms with Gasteiger partial charge in [-0.1, -0.05) is 15.9 Å². The highest BCUT2D eigenvalue weighted by Crippen LogP contribution is 2.13. The number of hydrogen-bond donors (Lipinski definition) is 1. The summed E-state index contributed by atoms with van der Waals surface area (Å²) < 4.78 is 0. The lowest BCUT2D eigenvalue weighted by Gasteiger charge is -1.97. The first kappa shape index (κ1) is 6.74. The molecule has 3 nitrogen and oxygen atoms in total. The Morgan fingerprint density at radius 1 is 1.89 bits per heavy atom. The van der Waals surface area contributed by atoms with Crippen LogP contribution < -0.4 is 5.73 Å². The van der Waals surface area contributed by atoms with Gasteiger partial charge >= 0.3 is 0 Å². The predicted octanol–water partition coefficient (Wildman–Crippen LogP) is 0.0799. The molecule has 50 valence electrons. The molecule has 0 saturated heterocycles. The van der Waals surface area contributed by atoms with Crippen molar-refractivity contribution in [2.75, 3.05) is 6.54 Å². The summed E-state index contributed by atoms with van der Waals surface area (Å²) in [5.41, 5.74) is 5.47. The highest BCUT2D eigenvalue weighted by molar-refractivity contribution is 9.10. The highest BCUT2D eigenvalue weighted by Gasteiger charge is 2.21. The molecule has 0 aliphatic carbocycles. The zero-order chi connectivity index (χ0) is 6.85. The molecule has 4 heteroatoms. The molecule has 0 saturated carbocycles. The first-order valence-electron chi connectivity index (χ1n) is 2.70. The number of hydrogen-bond acceptors (Lipinski definition) is 2. The molecule has 9 heavy (non-hydrogen) atoms. The summed E-state index contributed by atoms with van der Waals surface area (Å²) in [7, 11) is 0. The third-order valence-corrected chi connectivity index (χ3v) is 2.11. The molecule has 1 aliphatic heterocycles. The van der Waals surface area contributed by atoms with Gasteiger partial charge in [-0.05, 0) is 6.42 Å². The fourth-order valence-electron chi connectivity index (χ4n) is 0.766. The molecule has 1 aliphatic rings. The van der Waals surface area contributed by atoms with E-state index in [4.69, 9.17) is 5.73 Å². The first-order valence-corrected chi connectivity index (χ1v) is 3.61. The van der Waals surface area contributed by atoms with Crippen molar-refractivity contribution in [2.45, 2.75) is 11.2 Å².